The zero-order chi connectivity index (χ0) is 21.9. The van der Waals surface area contributed by atoms with E-state index in [-0.39, 0.29) is 5.91 Å². The Kier molecular flexibility index (Phi) is 6.64. The minimum atomic E-state index is -1.14. The molecule has 31 heavy (non-hydrogen) atoms. The quantitative estimate of drug-likeness (QED) is 0.490. The van der Waals surface area contributed by atoms with Gasteiger partial charge in [0.2, 0.25) is 0 Å². The molecule has 0 aliphatic carbocycles. The number of hydrogen-bond donors (Lipinski definition) is 1. The summed E-state index contributed by atoms with van der Waals surface area (Å²) in [6, 6.07) is 14.1. The predicted molar refractivity (Wildman–Crippen MR) is 130 cm³/mol. The highest BCUT2D eigenvalue weighted by molar-refractivity contribution is 8.15. The molecule has 1 unspecified atom stereocenters. The van der Waals surface area contributed by atoms with Crippen LogP contribution in [0.25, 0.3) is 0 Å². The number of carbonyl (C=O) groups excluding carboxylic acids is 1. The summed E-state index contributed by atoms with van der Waals surface area (Å²) in [7, 11) is 1.58. The maximum Gasteiger partial charge on any atom is 0.280 e. The molecule has 2 atom stereocenters. The molecule has 162 valence electrons. The first-order valence-corrected chi connectivity index (χ1v) is 12.7. The fourth-order valence-corrected chi connectivity index (χ4v) is 6.56. The van der Waals surface area contributed by atoms with Crippen molar-refractivity contribution in [2.45, 2.75) is 30.2 Å². The minimum Gasteiger partial charge on any atom is -0.364 e. The smallest absolute Gasteiger partial charge is 0.280 e. The van der Waals surface area contributed by atoms with E-state index in [4.69, 9.17) is 15.6 Å². The van der Waals surface area contributed by atoms with Crippen LogP contribution in [0, 0.1) is 0 Å². The van der Waals surface area contributed by atoms with Gasteiger partial charge in [-0.25, -0.2) is 5.01 Å². The summed E-state index contributed by atoms with van der Waals surface area (Å²) in [6.45, 7) is 2.36. The minimum absolute atomic E-state index is 0.188. The maximum absolute atomic E-state index is 14.1. The number of nitrogens with two attached hydrogens (primary N) is 1. The Bertz CT molecular complexity index is 1040. The lowest BCUT2D eigenvalue weighted by Gasteiger charge is -2.40. The molecule has 2 aromatic heterocycles. The van der Waals surface area contributed by atoms with E-state index in [1.54, 1.807) is 46.6 Å². The monoisotopic (exact) mass is 471 g/mol. The van der Waals surface area contributed by atoms with Gasteiger partial charge in [-0.1, -0.05) is 42.1 Å². The molecular weight excluding hydrogens is 446 g/mol. The molecule has 1 aliphatic heterocycles. The number of amides is 1. The van der Waals surface area contributed by atoms with E-state index in [1.165, 1.54) is 0 Å². The summed E-state index contributed by atoms with van der Waals surface area (Å²) in [5, 5.41) is 15.4. The predicted octanol–water partition coefficient (Wildman–Crippen LogP) is 5.20. The van der Waals surface area contributed by atoms with Gasteiger partial charge in [-0.2, -0.15) is 27.8 Å². The molecule has 1 aliphatic rings. The highest BCUT2D eigenvalue weighted by Crippen LogP contribution is 2.52. The molecule has 1 amide bonds. The molecule has 0 radical (unpaired) electrons. The molecule has 0 fully saturated rings. The zero-order valence-electron chi connectivity index (χ0n) is 17.5. The zero-order valence-corrected chi connectivity index (χ0v) is 19.9. The molecule has 3 heterocycles. The second kappa shape index (κ2) is 9.26. The summed E-state index contributed by atoms with van der Waals surface area (Å²) < 4.78 is 5.83. The molecule has 4 rings (SSSR count). The highest BCUT2D eigenvalue weighted by atomic mass is 32.2. The van der Waals surface area contributed by atoms with Crippen LogP contribution in [-0.2, 0) is 20.0 Å². The summed E-state index contributed by atoms with van der Waals surface area (Å²) in [4.78, 5) is 13.4. The van der Waals surface area contributed by atoms with E-state index in [0.717, 1.165) is 28.2 Å². The Hall–Kier alpha value is -1.97. The first-order chi connectivity index (χ1) is 15.0. The van der Waals surface area contributed by atoms with Gasteiger partial charge in [0.05, 0.1) is 0 Å². The number of benzene rings is 1. The van der Waals surface area contributed by atoms with Crippen molar-refractivity contribution in [2.24, 2.45) is 10.8 Å². The average Bonchev–Trinajstić information content (AvgIpc) is 3.58. The lowest BCUT2D eigenvalue weighted by molar-refractivity contribution is -0.158. The van der Waals surface area contributed by atoms with Crippen LogP contribution in [0.3, 0.4) is 0 Å². The van der Waals surface area contributed by atoms with Crippen LogP contribution in [0.15, 0.2) is 69.1 Å². The first-order valence-electron chi connectivity index (χ1n) is 10.0. The van der Waals surface area contributed by atoms with E-state index in [2.05, 4.69) is 17.5 Å². The SMILES string of the molecule is CO[C@](C)(C(=O)N1N=C(c2ccsc2)SC1(CCCN)c1ccccc1)c1ccsc1. The number of thiophene rings is 2. The van der Waals surface area contributed by atoms with Gasteiger partial charge in [0.1, 0.15) is 9.91 Å². The van der Waals surface area contributed by atoms with Crippen molar-refractivity contribution in [1.29, 1.82) is 0 Å². The van der Waals surface area contributed by atoms with Gasteiger partial charge in [0, 0.05) is 23.6 Å². The molecule has 0 spiro atoms. The fraction of sp³-hybridized carbons (Fsp3) is 0.304. The van der Waals surface area contributed by atoms with E-state index in [9.17, 15) is 4.79 Å². The topological polar surface area (TPSA) is 67.9 Å². The summed E-state index contributed by atoms with van der Waals surface area (Å²) in [6.07, 6.45) is 1.45. The summed E-state index contributed by atoms with van der Waals surface area (Å²) in [5.74, 6) is -0.188. The number of nitrogens with zero attached hydrogens (tertiary/aromatic N) is 2. The van der Waals surface area contributed by atoms with Crippen LogP contribution < -0.4 is 5.73 Å². The number of thioether (sulfide) groups is 1. The van der Waals surface area contributed by atoms with E-state index in [0.29, 0.717) is 13.0 Å². The largest absolute Gasteiger partial charge is 0.364 e. The third kappa shape index (κ3) is 3.99. The Morgan fingerprint density at radius 2 is 1.90 bits per heavy atom. The number of methoxy groups -OCH3 is 1. The van der Waals surface area contributed by atoms with Gasteiger partial charge in [-0.05, 0) is 60.1 Å². The second-order valence-electron chi connectivity index (χ2n) is 7.43. The fourth-order valence-electron chi connectivity index (χ4n) is 3.70. The molecule has 0 saturated carbocycles. The van der Waals surface area contributed by atoms with E-state index in [1.807, 2.05) is 53.4 Å². The Morgan fingerprint density at radius 1 is 1.16 bits per heavy atom. The number of carbonyl (C=O) groups is 1. The van der Waals surface area contributed by atoms with E-state index >= 15 is 0 Å². The van der Waals surface area contributed by atoms with Crippen molar-refractivity contribution in [2.75, 3.05) is 13.7 Å². The van der Waals surface area contributed by atoms with Crippen molar-refractivity contribution in [3.05, 3.63) is 80.7 Å². The van der Waals surface area contributed by atoms with Crippen LogP contribution in [0.2, 0.25) is 0 Å². The third-order valence-electron chi connectivity index (χ3n) is 5.59. The molecule has 3 aromatic rings. The van der Waals surface area contributed by atoms with Gasteiger partial charge < -0.3 is 10.5 Å². The van der Waals surface area contributed by atoms with Crippen LogP contribution >= 0.6 is 34.4 Å². The number of rotatable bonds is 8. The van der Waals surface area contributed by atoms with Crippen molar-refractivity contribution in [1.82, 2.24) is 5.01 Å². The van der Waals surface area contributed by atoms with Crippen molar-refractivity contribution < 1.29 is 9.53 Å². The molecule has 2 N–H and O–H groups in total. The maximum atomic E-state index is 14.1. The standard InChI is InChI=1S/C23H25N3O2S3/c1-22(28-2,19-10-14-30-16-19)21(27)26-23(11-6-12-24,18-7-4-3-5-8-18)31-20(25-26)17-9-13-29-15-17/h3-5,7-10,13-16H,6,11-12,24H2,1-2H3/t22-,23?/m0/s1. The average molecular weight is 472 g/mol. The highest BCUT2D eigenvalue weighted by Gasteiger charge is 2.53. The van der Waals surface area contributed by atoms with Crippen molar-refractivity contribution in [3.63, 3.8) is 0 Å². The molecular formula is C23H25N3O2S3. The van der Waals surface area contributed by atoms with Gasteiger partial charge in [0.25, 0.3) is 5.91 Å². The van der Waals surface area contributed by atoms with Gasteiger partial charge in [-0.3, -0.25) is 4.79 Å². The molecule has 0 saturated heterocycles. The van der Waals surface area contributed by atoms with Crippen molar-refractivity contribution >= 4 is 45.4 Å². The number of hydrogen-bond acceptors (Lipinski definition) is 7. The Labute approximate surface area is 194 Å². The van der Waals surface area contributed by atoms with Crippen molar-refractivity contribution in [3.8, 4) is 0 Å². The van der Waals surface area contributed by atoms with Crippen LogP contribution in [0.4, 0.5) is 0 Å². The molecule has 8 heteroatoms. The van der Waals surface area contributed by atoms with Crippen LogP contribution in [0.1, 0.15) is 36.5 Å². The first kappa shape index (κ1) is 22.2. The normalized spacial score (nSPS) is 20.5. The lowest BCUT2D eigenvalue weighted by atomic mass is 9.94. The summed E-state index contributed by atoms with van der Waals surface area (Å²) >= 11 is 4.78. The van der Waals surface area contributed by atoms with Crippen LogP contribution in [-0.4, -0.2) is 29.6 Å². The van der Waals surface area contributed by atoms with Gasteiger partial charge >= 0.3 is 0 Å². The van der Waals surface area contributed by atoms with Crippen LogP contribution in [0.5, 0.6) is 0 Å². The second-order valence-corrected chi connectivity index (χ2v) is 10.3. The molecule has 1 aromatic carbocycles. The van der Waals surface area contributed by atoms with Gasteiger partial charge in [-0.15, -0.1) is 0 Å². The Morgan fingerprint density at radius 3 is 2.52 bits per heavy atom. The Balaban J connectivity index is 1.86. The molecule has 0 bridgehead atoms. The van der Waals surface area contributed by atoms with Gasteiger partial charge in [0.15, 0.2) is 5.60 Å². The third-order valence-corrected chi connectivity index (χ3v) is 8.42. The number of ether oxygens (including phenoxy) is 1. The number of hydrazone groups is 1. The van der Waals surface area contributed by atoms with E-state index < -0.39 is 10.5 Å². The summed E-state index contributed by atoms with van der Waals surface area (Å²) in [5.41, 5.74) is 7.65. The lowest BCUT2D eigenvalue weighted by Crippen LogP contribution is -2.50. The molecule has 5 nitrogen and oxygen atoms in total.